The number of anilines is 1. The molecule has 2 aromatic carbocycles. The first kappa shape index (κ1) is 16.5. The molecule has 4 nitrogen and oxygen atoms in total. The van der Waals surface area contributed by atoms with Crippen LogP contribution in [0, 0.1) is 13.8 Å². The van der Waals surface area contributed by atoms with E-state index in [9.17, 15) is 8.42 Å². The Morgan fingerprint density at radius 1 is 0.955 bits per heavy atom. The van der Waals surface area contributed by atoms with Crippen LogP contribution < -0.4 is 9.62 Å². The summed E-state index contributed by atoms with van der Waals surface area (Å²) in [5.41, 5.74) is 4.07. The highest BCUT2D eigenvalue weighted by Gasteiger charge is 2.14. The van der Waals surface area contributed by atoms with Gasteiger partial charge in [-0.2, -0.15) is 0 Å². The van der Waals surface area contributed by atoms with E-state index in [4.69, 9.17) is 0 Å². The number of benzene rings is 2. The molecule has 2 aromatic rings. The van der Waals surface area contributed by atoms with Crippen LogP contribution in [0.5, 0.6) is 0 Å². The number of aryl methyl sites for hydroxylation is 2. The van der Waals surface area contributed by atoms with E-state index in [1.165, 1.54) is 0 Å². The van der Waals surface area contributed by atoms with Crippen LogP contribution in [0.25, 0.3) is 0 Å². The van der Waals surface area contributed by atoms with Crippen molar-refractivity contribution in [1.29, 1.82) is 0 Å². The third kappa shape index (κ3) is 3.87. The van der Waals surface area contributed by atoms with Gasteiger partial charge in [0.05, 0.1) is 4.90 Å². The summed E-state index contributed by atoms with van der Waals surface area (Å²) >= 11 is 0. The molecule has 0 amide bonds. The van der Waals surface area contributed by atoms with Crippen molar-refractivity contribution < 1.29 is 8.42 Å². The van der Waals surface area contributed by atoms with Gasteiger partial charge in [0.15, 0.2) is 0 Å². The number of nitrogens with zero attached hydrogens (tertiary/aromatic N) is 1. The summed E-state index contributed by atoms with van der Waals surface area (Å²) in [5.74, 6) is 0. The third-order valence-electron chi connectivity index (χ3n) is 3.71. The molecule has 5 heteroatoms. The maximum Gasteiger partial charge on any atom is 0.240 e. The van der Waals surface area contributed by atoms with E-state index in [0.29, 0.717) is 4.90 Å². The minimum atomic E-state index is -3.48. The first-order valence-electron chi connectivity index (χ1n) is 7.13. The quantitative estimate of drug-likeness (QED) is 0.922. The van der Waals surface area contributed by atoms with E-state index in [0.717, 1.165) is 22.4 Å². The lowest BCUT2D eigenvalue weighted by Gasteiger charge is -2.13. The highest BCUT2D eigenvalue weighted by atomic mass is 32.2. The van der Waals surface area contributed by atoms with Gasteiger partial charge in [-0.3, -0.25) is 0 Å². The first-order valence-corrected chi connectivity index (χ1v) is 8.61. The van der Waals surface area contributed by atoms with Gasteiger partial charge in [0, 0.05) is 26.3 Å². The van der Waals surface area contributed by atoms with Crippen molar-refractivity contribution in [3.63, 3.8) is 0 Å². The highest BCUT2D eigenvalue weighted by Crippen LogP contribution is 2.16. The maximum absolute atomic E-state index is 12.3. The van der Waals surface area contributed by atoms with Crippen LogP contribution >= 0.6 is 0 Å². The summed E-state index contributed by atoms with van der Waals surface area (Å²) in [5, 5.41) is 0. The summed E-state index contributed by atoms with van der Waals surface area (Å²) < 4.78 is 27.3. The lowest BCUT2D eigenvalue weighted by Crippen LogP contribution is -2.23. The van der Waals surface area contributed by atoms with Crippen molar-refractivity contribution in [2.24, 2.45) is 0 Å². The van der Waals surface area contributed by atoms with E-state index in [1.807, 2.05) is 63.2 Å². The molecule has 0 atom stereocenters. The minimum absolute atomic E-state index is 0.281. The van der Waals surface area contributed by atoms with Crippen LogP contribution in [0.15, 0.2) is 47.4 Å². The molecule has 0 aliphatic carbocycles. The number of hydrogen-bond donors (Lipinski definition) is 1. The van der Waals surface area contributed by atoms with Crippen molar-refractivity contribution in [2.45, 2.75) is 25.3 Å². The van der Waals surface area contributed by atoms with Crippen LogP contribution in [0.3, 0.4) is 0 Å². The molecule has 0 radical (unpaired) electrons. The third-order valence-corrected chi connectivity index (χ3v) is 5.11. The molecule has 0 bridgehead atoms. The van der Waals surface area contributed by atoms with Crippen LogP contribution in [-0.2, 0) is 16.6 Å². The molecule has 0 heterocycles. The predicted molar refractivity (Wildman–Crippen MR) is 90.7 cm³/mol. The van der Waals surface area contributed by atoms with E-state index in [-0.39, 0.29) is 6.54 Å². The Labute approximate surface area is 132 Å². The fraction of sp³-hybridized carbons (Fsp3) is 0.294. The van der Waals surface area contributed by atoms with Gasteiger partial charge < -0.3 is 4.90 Å². The Morgan fingerprint density at radius 2 is 1.59 bits per heavy atom. The van der Waals surface area contributed by atoms with Crippen molar-refractivity contribution >= 4 is 15.7 Å². The number of nitrogens with one attached hydrogen (secondary N) is 1. The molecule has 2 rings (SSSR count). The van der Waals surface area contributed by atoms with Crippen LogP contribution in [-0.4, -0.2) is 22.5 Å². The molecular weight excluding hydrogens is 296 g/mol. The molecule has 0 spiro atoms. The van der Waals surface area contributed by atoms with Crippen LogP contribution in [0.2, 0.25) is 0 Å². The molecule has 0 saturated carbocycles. The number of hydrogen-bond acceptors (Lipinski definition) is 3. The van der Waals surface area contributed by atoms with Gasteiger partial charge >= 0.3 is 0 Å². The van der Waals surface area contributed by atoms with Gasteiger partial charge in [0.25, 0.3) is 0 Å². The van der Waals surface area contributed by atoms with Gasteiger partial charge in [-0.15, -0.1) is 0 Å². The van der Waals surface area contributed by atoms with Crippen molar-refractivity contribution in [3.05, 3.63) is 59.2 Å². The minimum Gasteiger partial charge on any atom is -0.378 e. The molecule has 0 fully saturated rings. The fourth-order valence-electron chi connectivity index (χ4n) is 2.05. The maximum atomic E-state index is 12.3. The van der Waals surface area contributed by atoms with Crippen molar-refractivity contribution in [3.8, 4) is 0 Å². The summed E-state index contributed by atoms with van der Waals surface area (Å²) in [6, 6.07) is 13.0. The number of sulfonamides is 1. The van der Waals surface area contributed by atoms with Crippen molar-refractivity contribution in [2.75, 3.05) is 19.0 Å². The predicted octanol–water partition coefficient (Wildman–Crippen LogP) is 2.85. The van der Waals surface area contributed by atoms with Crippen LogP contribution in [0.4, 0.5) is 5.69 Å². The fourth-order valence-corrected chi connectivity index (χ4v) is 3.16. The molecule has 0 saturated heterocycles. The van der Waals surface area contributed by atoms with E-state index >= 15 is 0 Å². The summed E-state index contributed by atoms with van der Waals surface area (Å²) in [7, 11) is 0.455. The SMILES string of the molecule is Cc1ccc(S(=O)(=O)NCc2ccc(N(C)C)cc2)cc1C. The monoisotopic (exact) mass is 318 g/mol. The van der Waals surface area contributed by atoms with Crippen molar-refractivity contribution in [1.82, 2.24) is 4.72 Å². The second kappa shape index (κ2) is 6.50. The second-order valence-electron chi connectivity index (χ2n) is 5.63. The Bertz CT molecular complexity index is 751. The zero-order valence-corrected chi connectivity index (χ0v) is 14.2. The van der Waals surface area contributed by atoms with E-state index in [2.05, 4.69) is 4.72 Å². The average molecular weight is 318 g/mol. The van der Waals surface area contributed by atoms with E-state index < -0.39 is 10.0 Å². The molecule has 1 N–H and O–H groups in total. The Balaban J connectivity index is 2.10. The number of rotatable bonds is 5. The summed E-state index contributed by atoms with van der Waals surface area (Å²) in [6.07, 6.45) is 0. The van der Waals surface area contributed by atoms with Crippen LogP contribution in [0.1, 0.15) is 16.7 Å². The smallest absolute Gasteiger partial charge is 0.240 e. The molecule has 0 aliphatic heterocycles. The normalized spacial score (nSPS) is 11.5. The molecule has 0 aliphatic rings. The molecule has 118 valence electrons. The van der Waals surface area contributed by atoms with E-state index in [1.54, 1.807) is 12.1 Å². The summed E-state index contributed by atoms with van der Waals surface area (Å²) in [6.45, 7) is 4.16. The Hall–Kier alpha value is -1.85. The zero-order valence-electron chi connectivity index (χ0n) is 13.4. The van der Waals surface area contributed by atoms with Gasteiger partial charge in [-0.05, 0) is 54.8 Å². The standard InChI is InChI=1S/C17H22N2O2S/c1-13-5-10-17(11-14(13)2)22(20,21)18-12-15-6-8-16(9-7-15)19(3)4/h5-11,18H,12H2,1-4H3. The molecular formula is C17H22N2O2S. The summed E-state index contributed by atoms with van der Waals surface area (Å²) in [4.78, 5) is 2.31. The van der Waals surface area contributed by atoms with Gasteiger partial charge in [0.2, 0.25) is 10.0 Å². The van der Waals surface area contributed by atoms with Gasteiger partial charge in [-0.1, -0.05) is 18.2 Å². The molecule has 22 heavy (non-hydrogen) atoms. The lowest BCUT2D eigenvalue weighted by atomic mass is 10.1. The van der Waals surface area contributed by atoms with Gasteiger partial charge in [0.1, 0.15) is 0 Å². The first-order chi connectivity index (χ1) is 10.3. The Kier molecular flexibility index (Phi) is 4.88. The Morgan fingerprint density at radius 3 is 2.14 bits per heavy atom. The molecule has 0 unspecified atom stereocenters. The zero-order chi connectivity index (χ0) is 16.3. The average Bonchev–Trinajstić information content (AvgIpc) is 2.48. The largest absolute Gasteiger partial charge is 0.378 e. The second-order valence-corrected chi connectivity index (χ2v) is 7.40. The highest BCUT2D eigenvalue weighted by molar-refractivity contribution is 7.89. The molecule has 0 aromatic heterocycles. The topological polar surface area (TPSA) is 49.4 Å². The van der Waals surface area contributed by atoms with Gasteiger partial charge in [-0.25, -0.2) is 13.1 Å². The lowest BCUT2D eigenvalue weighted by molar-refractivity contribution is 0.581.